The van der Waals surface area contributed by atoms with Gasteiger partial charge in [0, 0.05) is 10.6 Å². The number of hydrogen-bond donors (Lipinski definition) is 0. The van der Waals surface area contributed by atoms with Crippen molar-refractivity contribution in [3.63, 3.8) is 0 Å². The number of halogens is 1. The Balaban J connectivity index is 2.24. The van der Waals surface area contributed by atoms with Crippen LogP contribution in [0.3, 0.4) is 0 Å². The molecule has 0 N–H and O–H groups in total. The number of nitrogens with zero attached hydrogens (tertiary/aromatic N) is 1. The fourth-order valence-corrected chi connectivity index (χ4v) is 3.23. The van der Waals surface area contributed by atoms with Crippen LogP contribution in [0.15, 0.2) is 42.5 Å². The van der Waals surface area contributed by atoms with Crippen molar-refractivity contribution in [2.24, 2.45) is 0 Å². The van der Waals surface area contributed by atoms with Gasteiger partial charge in [0.25, 0.3) is 0 Å². The molecule has 0 unspecified atom stereocenters. The van der Waals surface area contributed by atoms with Crippen molar-refractivity contribution in [3.05, 3.63) is 53.2 Å². The van der Waals surface area contributed by atoms with E-state index in [1.807, 2.05) is 31.2 Å². The topological polar surface area (TPSA) is 12.9 Å². The molecule has 0 amide bonds. The Labute approximate surface area is 109 Å². The third kappa shape index (κ3) is 1.94. The average molecular weight is 260 g/mol. The molecule has 1 nitrogen and oxygen atoms in total. The summed E-state index contributed by atoms with van der Waals surface area (Å²) < 4.78 is 1.07. The molecule has 3 rings (SSSR count). The van der Waals surface area contributed by atoms with Gasteiger partial charge in [-0.1, -0.05) is 41.9 Å². The van der Waals surface area contributed by atoms with Crippen LogP contribution in [0.2, 0.25) is 5.02 Å². The van der Waals surface area contributed by atoms with Gasteiger partial charge in [-0.25, -0.2) is 0 Å². The standard InChI is InChI=1S/C14H10ClNS/c1-9-7-11(15)14-12(16-9)8-13(17-14)10-5-3-2-4-6-10/h2-8H,1H3. The predicted molar refractivity (Wildman–Crippen MR) is 74.8 cm³/mol. The van der Waals surface area contributed by atoms with Crippen LogP contribution in [0.5, 0.6) is 0 Å². The normalized spacial score (nSPS) is 10.9. The molecular weight excluding hydrogens is 250 g/mol. The lowest BCUT2D eigenvalue weighted by Crippen LogP contribution is -1.79. The minimum Gasteiger partial charge on any atom is -0.252 e. The molecule has 2 aromatic heterocycles. The molecule has 0 spiro atoms. The zero-order valence-corrected chi connectivity index (χ0v) is 10.8. The van der Waals surface area contributed by atoms with Crippen LogP contribution in [0.4, 0.5) is 0 Å². The Kier molecular flexibility index (Phi) is 2.61. The van der Waals surface area contributed by atoms with E-state index < -0.39 is 0 Å². The molecule has 0 bridgehead atoms. The van der Waals surface area contributed by atoms with Gasteiger partial charge in [0.05, 0.1) is 15.2 Å². The number of benzene rings is 1. The van der Waals surface area contributed by atoms with Crippen molar-refractivity contribution in [2.45, 2.75) is 6.92 Å². The van der Waals surface area contributed by atoms with Crippen LogP contribution in [-0.2, 0) is 0 Å². The lowest BCUT2D eigenvalue weighted by atomic mass is 10.2. The van der Waals surface area contributed by atoms with Crippen molar-refractivity contribution in [1.82, 2.24) is 4.98 Å². The summed E-state index contributed by atoms with van der Waals surface area (Å²) in [6.45, 7) is 1.96. The molecule has 3 heteroatoms. The molecule has 3 aromatic rings. The van der Waals surface area contributed by atoms with Crippen LogP contribution < -0.4 is 0 Å². The number of fused-ring (bicyclic) bond motifs is 1. The van der Waals surface area contributed by atoms with E-state index in [1.165, 1.54) is 10.4 Å². The molecule has 17 heavy (non-hydrogen) atoms. The Morgan fingerprint density at radius 2 is 1.88 bits per heavy atom. The molecule has 0 saturated carbocycles. The molecule has 1 aromatic carbocycles. The molecule has 0 saturated heterocycles. The Morgan fingerprint density at radius 1 is 1.12 bits per heavy atom. The van der Waals surface area contributed by atoms with Crippen LogP contribution in [0, 0.1) is 6.92 Å². The fourth-order valence-electron chi connectivity index (χ4n) is 1.85. The lowest BCUT2D eigenvalue weighted by Gasteiger charge is -1.94. The predicted octanol–water partition coefficient (Wildman–Crippen LogP) is 4.93. The number of rotatable bonds is 1. The van der Waals surface area contributed by atoms with Crippen molar-refractivity contribution in [3.8, 4) is 10.4 Å². The zero-order chi connectivity index (χ0) is 11.8. The maximum atomic E-state index is 6.23. The summed E-state index contributed by atoms with van der Waals surface area (Å²) in [7, 11) is 0. The second-order valence-electron chi connectivity index (χ2n) is 3.94. The number of hydrogen-bond acceptors (Lipinski definition) is 2. The number of aryl methyl sites for hydroxylation is 1. The second kappa shape index (κ2) is 4.13. The maximum absolute atomic E-state index is 6.23. The van der Waals surface area contributed by atoms with Crippen molar-refractivity contribution >= 4 is 33.2 Å². The molecule has 84 valence electrons. The van der Waals surface area contributed by atoms with Crippen LogP contribution in [0.1, 0.15) is 5.69 Å². The number of aromatic nitrogens is 1. The van der Waals surface area contributed by atoms with Crippen molar-refractivity contribution in [1.29, 1.82) is 0 Å². The first-order valence-corrected chi connectivity index (χ1v) is 6.55. The van der Waals surface area contributed by atoms with E-state index in [2.05, 4.69) is 23.2 Å². The molecule has 0 radical (unpaired) electrons. The van der Waals surface area contributed by atoms with E-state index in [0.717, 1.165) is 20.9 Å². The first-order chi connectivity index (χ1) is 8.24. The highest BCUT2D eigenvalue weighted by Gasteiger charge is 2.08. The van der Waals surface area contributed by atoms with Gasteiger partial charge in [-0.15, -0.1) is 11.3 Å². The highest BCUT2D eigenvalue weighted by atomic mass is 35.5. The third-order valence-electron chi connectivity index (χ3n) is 2.62. The molecule has 0 atom stereocenters. The second-order valence-corrected chi connectivity index (χ2v) is 5.40. The SMILES string of the molecule is Cc1cc(Cl)c2sc(-c3ccccc3)cc2n1. The maximum Gasteiger partial charge on any atom is 0.0834 e. The fraction of sp³-hybridized carbons (Fsp3) is 0.0714. The first kappa shape index (κ1) is 10.8. The third-order valence-corrected chi connectivity index (χ3v) is 4.24. The lowest BCUT2D eigenvalue weighted by molar-refractivity contribution is 1.26. The zero-order valence-electron chi connectivity index (χ0n) is 9.27. The van der Waals surface area contributed by atoms with Gasteiger partial charge in [-0.05, 0) is 24.6 Å². The van der Waals surface area contributed by atoms with Gasteiger partial charge in [-0.3, -0.25) is 4.98 Å². The number of thiophene rings is 1. The smallest absolute Gasteiger partial charge is 0.0834 e. The summed E-state index contributed by atoms with van der Waals surface area (Å²) >= 11 is 7.92. The van der Waals surface area contributed by atoms with E-state index in [-0.39, 0.29) is 0 Å². The summed E-state index contributed by atoms with van der Waals surface area (Å²) in [5.41, 5.74) is 3.16. The van der Waals surface area contributed by atoms with E-state index in [0.29, 0.717) is 0 Å². The number of pyridine rings is 1. The molecule has 0 fully saturated rings. The monoisotopic (exact) mass is 259 g/mol. The van der Waals surface area contributed by atoms with Gasteiger partial charge >= 0.3 is 0 Å². The van der Waals surface area contributed by atoms with Crippen LogP contribution >= 0.6 is 22.9 Å². The van der Waals surface area contributed by atoms with Crippen molar-refractivity contribution < 1.29 is 0 Å². The van der Waals surface area contributed by atoms with Gasteiger partial charge in [0.15, 0.2) is 0 Å². The summed E-state index contributed by atoms with van der Waals surface area (Å²) in [6.07, 6.45) is 0. The Morgan fingerprint density at radius 3 is 2.65 bits per heavy atom. The molecule has 0 aliphatic heterocycles. The van der Waals surface area contributed by atoms with Crippen LogP contribution in [0.25, 0.3) is 20.7 Å². The van der Waals surface area contributed by atoms with Gasteiger partial charge in [0.1, 0.15) is 0 Å². The summed E-state index contributed by atoms with van der Waals surface area (Å²) in [6, 6.07) is 14.3. The summed E-state index contributed by atoms with van der Waals surface area (Å²) in [4.78, 5) is 5.72. The quantitative estimate of drug-likeness (QED) is 0.604. The Bertz CT molecular complexity index is 673. The Hall–Kier alpha value is -1.38. The molecule has 0 aliphatic rings. The van der Waals surface area contributed by atoms with E-state index in [1.54, 1.807) is 11.3 Å². The average Bonchev–Trinajstić information content (AvgIpc) is 2.74. The van der Waals surface area contributed by atoms with Gasteiger partial charge in [0.2, 0.25) is 0 Å². The van der Waals surface area contributed by atoms with E-state index in [9.17, 15) is 0 Å². The largest absolute Gasteiger partial charge is 0.252 e. The van der Waals surface area contributed by atoms with Crippen molar-refractivity contribution in [2.75, 3.05) is 0 Å². The molecule has 2 heterocycles. The summed E-state index contributed by atoms with van der Waals surface area (Å²) in [5, 5.41) is 0.791. The summed E-state index contributed by atoms with van der Waals surface area (Å²) in [5.74, 6) is 0. The minimum absolute atomic E-state index is 0.791. The highest BCUT2D eigenvalue weighted by molar-refractivity contribution is 7.22. The van der Waals surface area contributed by atoms with E-state index in [4.69, 9.17) is 11.6 Å². The first-order valence-electron chi connectivity index (χ1n) is 5.36. The molecule has 0 aliphatic carbocycles. The van der Waals surface area contributed by atoms with E-state index >= 15 is 0 Å². The van der Waals surface area contributed by atoms with Gasteiger partial charge in [-0.2, -0.15) is 0 Å². The molecular formula is C14H10ClNS. The highest BCUT2D eigenvalue weighted by Crippen LogP contribution is 2.36. The van der Waals surface area contributed by atoms with Crippen LogP contribution in [-0.4, -0.2) is 4.98 Å². The van der Waals surface area contributed by atoms with Gasteiger partial charge < -0.3 is 0 Å². The minimum atomic E-state index is 0.791.